The molecule has 0 atom stereocenters. The van der Waals surface area contributed by atoms with Crippen molar-refractivity contribution in [1.82, 2.24) is 9.97 Å². The topological polar surface area (TPSA) is 50.5 Å². The molecular weight excluding hydrogens is 272 g/mol. The second-order valence-electron chi connectivity index (χ2n) is 5.10. The first kappa shape index (κ1) is 14.1. The quantitative estimate of drug-likeness (QED) is 0.624. The van der Waals surface area contributed by atoms with Crippen molar-refractivity contribution in [2.75, 3.05) is 0 Å². The molecule has 0 aliphatic rings. The lowest BCUT2D eigenvalue weighted by atomic mass is 10.2. The van der Waals surface area contributed by atoms with Crippen molar-refractivity contribution < 1.29 is 0 Å². The highest BCUT2D eigenvalue weighted by molar-refractivity contribution is 5.56. The normalized spacial score (nSPS) is 11.0. The molecular formula is C18H16N4. The van der Waals surface area contributed by atoms with Gasteiger partial charge in [0.15, 0.2) is 11.6 Å². The summed E-state index contributed by atoms with van der Waals surface area (Å²) in [5.41, 5.74) is 3.81. The molecule has 0 aliphatic heterocycles. The van der Waals surface area contributed by atoms with E-state index >= 15 is 0 Å². The van der Waals surface area contributed by atoms with Gasteiger partial charge in [0.1, 0.15) is 0 Å². The molecule has 1 heterocycles. The summed E-state index contributed by atoms with van der Waals surface area (Å²) in [6, 6.07) is 19.6. The second-order valence-corrected chi connectivity index (χ2v) is 5.10. The molecule has 3 rings (SSSR count). The first-order valence-electron chi connectivity index (χ1n) is 7.10. The number of benzene rings is 2. The van der Waals surface area contributed by atoms with Crippen molar-refractivity contribution in [2.24, 2.45) is 10.2 Å². The van der Waals surface area contributed by atoms with E-state index in [2.05, 4.69) is 20.2 Å². The molecule has 22 heavy (non-hydrogen) atoms. The highest BCUT2D eigenvalue weighted by atomic mass is 15.2. The van der Waals surface area contributed by atoms with Crippen LogP contribution in [0.15, 0.2) is 70.9 Å². The van der Waals surface area contributed by atoms with E-state index < -0.39 is 0 Å². The Balaban J connectivity index is 1.93. The van der Waals surface area contributed by atoms with Gasteiger partial charge in [0.2, 0.25) is 0 Å². The molecule has 0 radical (unpaired) electrons. The van der Waals surface area contributed by atoms with E-state index in [0.717, 1.165) is 22.5 Å². The lowest BCUT2D eigenvalue weighted by molar-refractivity contribution is 1.07. The van der Waals surface area contributed by atoms with Gasteiger partial charge in [0.05, 0.1) is 5.69 Å². The van der Waals surface area contributed by atoms with Crippen molar-refractivity contribution >= 4 is 11.5 Å². The molecule has 0 saturated heterocycles. The molecule has 3 aromatic rings. The number of azo groups is 1. The minimum atomic E-state index is 0.563. The van der Waals surface area contributed by atoms with Crippen molar-refractivity contribution in [1.29, 1.82) is 0 Å². The maximum atomic E-state index is 4.47. The zero-order chi connectivity index (χ0) is 15.4. The third-order valence-electron chi connectivity index (χ3n) is 3.14. The number of hydrogen-bond acceptors (Lipinski definition) is 4. The zero-order valence-electron chi connectivity index (χ0n) is 12.6. The predicted octanol–water partition coefficient (Wildman–Crippen LogP) is 5.18. The van der Waals surface area contributed by atoms with Crippen LogP contribution in [0.2, 0.25) is 0 Å². The largest absolute Gasteiger partial charge is 0.233 e. The number of nitrogens with zero attached hydrogens (tertiary/aromatic N) is 4. The van der Waals surface area contributed by atoms with Crippen LogP contribution >= 0.6 is 0 Å². The number of aryl methyl sites for hydroxylation is 2. The average Bonchev–Trinajstić information content (AvgIpc) is 2.53. The van der Waals surface area contributed by atoms with Gasteiger partial charge in [-0.25, -0.2) is 9.97 Å². The summed E-state index contributed by atoms with van der Waals surface area (Å²) in [5, 5.41) is 8.49. The van der Waals surface area contributed by atoms with E-state index in [-0.39, 0.29) is 0 Å². The fraction of sp³-hybridized carbons (Fsp3) is 0.111. The number of rotatable bonds is 3. The van der Waals surface area contributed by atoms with Gasteiger partial charge in [0.25, 0.3) is 0 Å². The first-order valence-corrected chi connectivity index (χ1v) is 7.10. The zero-order valence-corrected chi connectivity index (χ0v) is 12.6. The van der Waals surface area contributed by atoms with Crippen molar-refractivity contribution in [3.8, 4) is 11.4 Å². The van der Waals surface area contributed by atoms with E-state index in [1.54, 1.807) is 0 Å². The standard InChI is InChI=1S/C18H16N4/c1-13-7-6-10-16(11-13)21-22-17-12-14(2)19-18(20-17)15-8-4-3-5-9-15/h3-12H,1-2H3. The maximum Gasteiger partial charge on any atom is 0.178 e. The fourth-order valence-corrected chi connectivity index (χ4v) is 2.12. The van der Waals surface area contributed by atoms with Crippen LogP contribution in [0.5, 0.6) is 0 Å². The number of hydrogen-bond donors (Lipinski definition) is 0. The summed E-state index contributed by atoms with van der Waals surface area (Å²) in [5.74, 6) is 1.23. The Bertz CT molecular complexity index is 810. The molecule has 0 fully saturated rings. The fourth-order valence-electron chi connectivity index (χ4n) is 2.12. The summed E-state index contributed by atoms with van der Waals surface area (Å²) in [6.45, 7) is 3.96. The van der Waals surface area contributed by atoms with Crippen LogP contribution in [0.25, 0.3) is 11.4 Å². The monoisotopic (exact) mass is 288 g/mol. The van der Waals surface area contributed by atoms with E-state index in [1.165, 1.54) is 0 Å². The van der Waals surface area contributed by atoms with Gasteiger partial charge in [-0.1, -0.05) is 42.5 Å². The molecule has 1 aromatic heterocycles. The van der Waals surface area contributed by atoms with E-state index in [4.69, 9.17) is 0 Å². The Morgan fingerprint density at radius 2 is 1.59 bits per heavy atom. The van der Waals surface area contributed by atoms with E-state index in [9.17, 15) is 0 Å². The van der Waals surface area contributed by atoms with E-state index in [0.29, 0.717) is 11.6 Å². The lowest BCUT2D eigenvalue weighted by Gasteiger charge is -2.02. The van der Waals surface area contributed by atoms with Gasteiger partial charge in [-0.3, -0.25) is 0 Å². The molecule has 0 spiro atoms. The Morgan fingerprint density at radius 1 is 0.773 bits per heavy atom. The molecule has 0 N–H and O–H groups in total. The van der Waals surface area contributed by atoms with Crippen LogP contribution in [0.3, 0.4) is 0 Å². The Kier molecular flexibility index (Phi) is 4.01. The maximum absolute atomic E-state index is 4.47. The van der Waals surface area contributed by atoms with E-state index in [1.807, 2.05) is 74.5 Å². The molecule has 0 amide bonds. The Labute approximate surface area is 129 Å². The van der Waals surface area contributed by atoms with Gasteiger partial charge >= 0.3 is 0 Å². The minimum Gasteiger partial charge on any atom is -0.233 e. The first-order chi connectivity index (χ1) is 10.7. The molecule has 0 aliphatic carbocycles. The van der Waals surface area contributed by atoms with Crippen LogP contribution in [0, 0.1) is 13.8 Å². The van der Waals surface area contributed by atoms with Crippen molar-refractivity contribution in [3.63, 3.8) is 0 Å². The molecule has 4 heteroatoms. The van der Waals surface area contributed by atoms with Gasteiger partial charge in [0, 0.05) is 17.3 Å². The van der Waals surface area contributed by atoms with Crippen molar-refractivity contribution in [3.05, 3.63) is 71.9 Å². The minimum absolute atomic E-state index is 0.563. The molecule has 0 saturated carbocycles. The van der Waals surface area contributed by atoms with Crippen molar-refractivity contribution in [2.45, 2.75) is 13.8 Å². The average molecular weight is 288 g/mol. The second kappa shape index (κ2) is 6.26. The third kappa shape index (κ3) is 3.41. The van der Waals surface area contributed by atoms with Gasteiger partial charge < -0.3 is 0 Å². The van der Waals surface area contributed by atoms with Crippen LogP contribution in [-0.2, 0) is 0 Å². The molecule has 0 bridgehead atoms. The van der Waals surface area contributed by atoms with Gasteiger partial charge in [-0.05, 0) is 31.5 Å². The van der Waals surface area contributed by atoms with Crippen LogP contribution < -0.4 is 0 Å². The predicted molar refractivity (Wildman–Crippen MR) is 87.6 cm³/mol. The smallest absolute Gasteiger partial charge is 0.178 e. The van der Waals surface area contributed by atoms with Crippen LogP contribution in [0.4, 0.5) is 11.5 Å². The Hall–Kier alpha value is -2.88. The summed E-state index contributed by atoms with van der Waals surface area (Å²) >= 11 is 0. The van der Waals surface area contributed by atoms with Crippen LogP contribution in [-0.4, -0.2) is 9.97 Å². The summed E-state index contributed by atoms with van der Waals surface area (Å²) < 4.78 is 0. The lowest BCUT2D eigenvalue weighted by Crippen LogP contribution is -1.91. The highest BCUT2D eigenvalue weighted by Gasteiger charge is 2.04. The van der Waals surface area contributed by atoms with Gasteiger partial charge in [-0.15, -0.1) is 10.2 Å². The third-order valence-corrected chi connectivity index (χ3v) is 3.14. The highest BCUT2D eigenvalue weighted by Crippen LogP contribution is 2.21. The molecule has 108 valence electrons. The Morgan fingerprint density at radius 3 is 2.36 bits per heavy atom. The van der Waals surface area contributed by atoms with Gasteiger partial charge in [-0.2, -0.15) is 0 Å². The summed E-state index contributed by atoms with van der Waals surface area (Å²) in [7, 11) is 0. The SMILES string of the molecule is Cc1cccc(N=Nc2cc(C)nc(-c3ccccc3)n2)c1. The van der Waals surface area contributed by atoms with Crippen LogP contribution in [0.1, 0.15) is 11.3 Å². The summed E-state index contributed by atoms with van der Waals surface area (Å²) in [6.07, 6.45) is 0. The molecule has 0 unspecified atom stereocenters. The summed E-state index contributed by atoms with van der Waals surface area (Å²) in [4.78, 5) is 8.93. The molecule has 2 aromatic carbocycles. The molecule has 4 nitrogen and oxygen atoms in total. The number of aromatic nitrogens is 2.